The molecule has 0 saturated heterocycles. The number of aliphatic imine (C=N–C) groups is 2. The zero-order chi connectivity index (χ0) is 9.64. The van der Waals surface area contributed by atoms with Crippen molar-refractivity contribution in [1.29, 1.82) is 0 Å². The van der Waals surface area contributed by atoms with Gasteiger partial charge in [-0.25, -0.2) is 9.98 Å². The van der Waals surface area contributed by atoms with Crippen molar-refractivity contribution < 1.29 is 0 Å². The molecule has 0 aromatic heterocycles. The van der Waals surface area contributed by atoms with Crippen LogP contribution in [0.1, 0.15) is 6.92 Å². The molecular weight excluding hydrogens is 209 g/mol. The van der Waals surface area contributed by atoms with Gasteiger partial charge in [0.05, 0.1) is 5.92 Å². The molecule has 0 spiro atoms. The van der Waals surface area contributed by atoms with Crippen LogP contribution in [-0.4, -0.2) is 29.1 Å². The van der Waals surface area contributed by atoms with E-state index in [0.29, 0.717) is 10.2 Å². The van der Waals surface area contributed by atoms with E-state index in [9.17, 15) is 0 Å². The van der Waals surface area contributed by atoms with Crippen molar-refractivity contribution in [1.82, 2.24) is 4.90 Å². The molecule has 0 bridgehead atoms. The first-order valence-corrected chi connectivity index (χ1v) is 4.68. The zero-order valence-electron chi connectivity index (χ0n) is 7.33. The van der Waals surface area contributed by atoms with Gasteiger partial charge in [0.1, 0.15) is 17.2 Å². The van der Waals surface area contributed by atoms with Crippen LogP contribution >= 0.6 is 23.2 Å². The van der Waals surface area contributed by atoms with Gasteiger partial charge in [-0.05, 0) is 6.92 Å². The summed E-state index contributed by atoms with van der Waals surface area (Å²) in [5.41, 5.74) is -0.393. The van der Waals surface area contributed by atoms with Crippen LogP contribution in [0.4, 0.5) is 0 Å². The lowest BCUT2D eigenvalue weighted by Gasteiger charge is -2.35. The van der Waals surface area contributed by atoms with Gasteiger partial charge >= 0.3 is 0 Å². The molecule has 2 aliphatic rings. The Morgan fingerprint density at radius 3 is 2.85 bits per heavy atom. The fourth-order valence-corrected chi connectivity index (χ4v) is 2.52. The van der Waals surface area contributed by atoms with Gasteiger partial charge < -0.3 is 4.90 Å². The molecular formula is C8H9Cl2N3. The Morgan fingerprint density at radius 2 is 2.23 bits per heavy atom. The third-order valence-corrected chi connectivity index (χ3v) is 3.22. The lowest BCUT2D eigenvalue weighted by Crippen LogP contribution is -2.45. The Labute approximate surface area is 86.7 Å². The molecule has 0 N–H and O–H groups in total. The van der Waals surface area contributed by atoms with Crippen LogP contribution in [0, 0.1) is 5.92 Å². The second-order valence-corrected chi connectivity index (χ2v) is 4.17. The Bertz CT molecular complexity index is 334. The Kier molecular flexibility index (Phi) is 1.89. The monoisotopic (exact) mass is 217 g/mol. The average Bonchev–Trinajstić information content (AvgIpc) is 2.24. The van der Waals surface area contributed by atoms with Crippen molar-refractivity contribution in [3.63, 3.8) is 0 Å². The van der Waals surface area contributed by atoms with E-state index in [4.69, 9.17) is 23.2 Å². The maximum Gasteiger partial charge on any atom is 0.144 e. The summed E-state index contributed by atoms with van der Waals surface area (Å²) < 4.78 is 0. The summed E-state index contributed by atoms with van der Waals surface area (Å²) in [4.78, 5) is 10.2. The molecule has 70 valence electrons. The highest BCUT2D eigenvalue weighted by atomic mass is 35.5. The number of rotatable bonds is 0. The summed E-state index contributed by atoms with van der Waals surface area (Å²) in [5, 5.41) is 1.19. The Morgan fingerprint density at radius 1 is 1.54 bits per heavy atom. The Balaban J connectivity index is 2.48. The smallest absolute Gasteiger partial charge is 0.144 e. The van der Waals surface area contributed by atoms with Crippen molar-refractivity contribution in [2.45, 2.75) is 12.6 Å². The molecule has 2 atom stereocenters. The van der Waals surface area contributed by atoms with E-state index in [1.165, 1.54) is 6.34 Å². The lowest BCUT2D eigenvalue weighted by molar-refractivity contribution is 0.211. The first-order valence-electron chi connectivity index (χ1n) is 3.93. The van der Waals surface area contributed by atoms with Gasteiger partial charge in [-0.3, -0.25) is 0 Å². The molecule has 0 aromatic rings. The third-order valence-electron chi connectivity index (χ3n) is 2.59. The minimum absolute atomic E-state index is 0.106. The molecule has 0 aromatic carbocycles. The number of hydrogen-bond acceptors (Lipinski definition) is 3. The summed E-state index contributed by atoms with van der Waals surface area (Å²) in [6.07, 6.45) is 3.32. The standard InChI is InChI=1S/C8H9Cl2N3/c1-8-6(5(9)3-13(8)2)7(10)11-4-12-8/h3-4,6H,1-2H3. The van der Waals surface area contributed by atoms with Crippen LogP contribution in [0.2, 0.25) is 0 Å². The topological polar surface area (TPSA) is 28.0 Å². The van der Waals surface area contributed by atoms with Gasteiger partial charge in [-0.2, -0.15) is 0 Å². The predicted octanol–water partition coefficient (Wildman–Crippen LogP) is 2.02. The highest BCUT2D eigenvalue weighted by Gasteiger charge is 2.47. The van der Waals surface area contributed by atoms with Gasteiger partial charge in [-0.1, -0.05) is 23.2 Å². The molecule has 0 radical (unpaired) electrons. The van der Waals surface area contributed by atoms with Crippen LogP contribution in [0.5, 0.6) is 0 Å². The minimum Gasteiger partial charge on any atom is -0.355 e. The van der Waals surface area contributed by atoms with Crippen molar-refractivity contribution in [3.05, 3.63) is 11.2 Å². The van der Waals surface area contributed by atoms with Crippen LogP contribution in [0.3, 0.4) is 0 Å². The first kappa shape index (κ1) is 9.03. The number of fused-ring (bicyclic) bond motifs is 1. The van der Waals surface area contributed by atoms with E-state index < -0.39 is 5.66 Å². The van der Waals surface area contributed by atoms with Crippen molar-refractivity contribution in [2.75, 3.05) is 7.05 Å². The maximum atomic E-state index is 6.05. The van der Waals surface area contributed by atoms with Crippen molar-refractivity contribution in [2.24, 2.45) is 15.9 Å². The summed E-state index contributed by atoms with van der Waals surface area (Å²) in [5.74, 6) is -0.106. The van der Waals surface area contributed by atoms with Gasteiger partial charge in [-0.15, -0.1) is 0 Å². The van der Waals surface area contributed by atoms with Crippen LogP contribution in [0.25, 0.3) is 0 Å². The lowest BCUT2D eigenvalue weighted by atomic mass is 9.97. The largest absolute Gasteiger partial charge is 0.355 e. The van der Waals surface area contributed by atoms with Gasteiger partial charge in [0, 0.05) is 18.3 Å². The molecule has 5 heteroatoms. The first-order chi connectivity index (χ1) is 6.05. The van der Waals surface area contributed by atoms with Crippen LogP contribution in [-0.2, 0) is 0 Å². The van der Waals surface area contributed by atoms with E-state index >= 15 is 0 Å². The molecule has 0 aliphatic carbocycles. The van der Waals surface area contributed by atoms with E-state index in [2.05, 4.69) is 9.98 Å². The molecule has 2 heterocycles. The Hall–Kier alpha value is -0.540. The molecule has 0 saturated carbocycles. The van der Waals surface area contributed by atoms with E-state index in [0.717, 1.165) is 0 Å². The molecule has 2 unspecified atom stereocenters. The average molecular weight is 218 g/mol. The fourth-order valence-electron chi connectivity index (χ4n) is 1.64. The number of nitrogens with zero attached hydrogens (tertiary/aromatic N) is 3. The molecule has 0 fully saturated rings. The van der Waals surface area contributed by atoms with Crippen molar-refractivity contribution >= 4 is 34.7 Å². The summed E-state index contributed by atoms with van der Waals surface area (Å²) in [6.45, 7) is 1.98. The summed E-state index contributed by atoms with van der Waals surface area (Å²) >= 11 is 12.0. The molecule has 13 heavy (non-hydrogen) atoms. The molecule has 2 aliphatic heterocycles. The summed E-state index contributed by atoms with van der Waals surface area (Å²) in [6, 6.07) is 0. The highest BCUT2D eigenvalue weighted by Crippen LogP contribution is 2.42. The van der Waals surface area contributed by atoms with Gasteiger partial charge in [0.2, 0.25) is 0 Å². The number of halogens is 2. The third kappa shape index (κ3) is 1.11. The van der Waals surface area contributed by atoms with E-state index in [1.807, 2.05) is 25.1 Å². The van der Waals surface area contributed by atoms with Gasteiger partial charge in [0.25, 0.3) is 0 Å². The SMILES string of the molecule is CN1C=C(Cl)C2C(Cl)=NC=NC21C. The highest BCUT2D eigenvalue weighted by molar-refractivity contribution is 6.67. The van der Waals surface area contributed by atoms with E-state index in [-0.39, 0.29) is 5.92 Å². The normalized spacial score (nSPS) is 37.2. The second kappa shape index (κ2) is 2.72. The van der Waals surface area contributed by atoms with Crippen LogP contribution < -0.4 is 0 Å². The summed E-state index contributed by atoms with van der Waals surface area (Å²) in [7, 11) is 1.93. The van der Waals surface area contributed by atoms with E-state index in [1.54, 1.807) is 0 Å². The van der Waals surface area contributed by atoms with Gasteiger partial charge in [0.15, 0.2) is 0 Å². The second-order valence-electron chi connectivity index (χ2n) is 3.35. The molecule has 0 amide bonds. The predicted molar refractivity (Wildman–Crippen MR) is 55.4 cm³/mol. The quantitative estimate of drug-likeness (QED) is 0.611. The molecule has 3 nitrogen and oxygen atoms in total. The maximum absolute atomic E-state index is 6.05. The minimum atomic E-state index is -0.393. The number of hydrogen-bond donors (Lipinski definition) is 0. The zero-order valence-corrected chi connectivity index (χ0v) is 8.84. The fraction of sp³-hybridized carbons (Fsp3) is 0.500. The molecule has 2 rings (SSSR count). The van der Waals surface area contributed by atoms with Crippen molar-refractivity contribution in [3.8, 4) is 0 Å². The van der Waals surface area contributed by atoms with Crippen LogP contribution in [0.15, 0.2) is 21.2 Å².